The Balaban J connectivity index is 2.39. The maximum atomic E-state index is 12.7. The molecule has 4 heteroatoms. The zero-order valence-corrected chi connectivity index (χ0v) is 8.74. The first kappa shape index (κ1) is 11.5. The van der Waals surface area contributed by atoms with Gasteiger partial charge >= 0.3 is 0 Å². The number of hydrogen-bond acceptors (Lipinski definition) is 2. The van der Waals surface area contributed by atoms with Crippen molar-refractivity contribution in [2.24, 2.45) is 0 Å². The van der Waals surface area contributed by atoms with Gasteiger partial charge < -0.3 is 4.74 Å². The standard InChI is InChI=1S/C10H12F2OS/c1-2-13-5-6-14-8-3-4-9(11)10(12)7-8/h3-4,7H,2,5-6H2,1H3. The van der Waals surface area contributed by atoms with Crippen molar-refractivity contribution in [2.75, 3.05) is 19.0 Å². The third kappa shape index (κ3) is 3.64. The van der Waals surface area contributed by atoms with Crippen LogP contribution in [0.4, 0.5) is 8.78 Å². The molecule has 0 N–H and O–H groups in total. The number of thioether (sulfide) groups is 1. The molecule has 1 rings (SSSR count). The van der Waals surface area contributed by atoms with E-state index < -0.39 is 11.6 Å². The van der Waals surface area contributed by atoms with Gasteiger partial charge in [0, 0.05) is 17.3 Å². The van der Waals surface area contributed by atoms with Crippen LogP contribution in [0.3, 0.4) is 0 Å². The smallest absolute Gasteiger partial charge is 0.159 e. The Hall–Kier alpha value is -0.610. The number of rotatable bonds is 5. The summed E-state index contributed by atoms with van der Waals surface area (Å²) in [6, 6.07) is 3.90. The minimum Gasteiger partial charge on any atom is -0.381 e. The Bertz CT molecular complexity index is 291. The molecule has 14 heavy (non-hydrogen) atoms. The normalized spacial score (nSPS) is 10.5. The number of halogens is 2. The van der Waals surface area contributed by atoms with Crippen molar-refractivity contribution in [1.82, 2.24) is 0 Å². The van der Waals surface area contributed by atoms with E-state index in [1.54, 1.807) is 6.07 Å². The molecule has 0 aliphatic carbocycles. The molecular weight excluding hydrogens is 206 g/mol. The van der Waals surface area contributed by atoms with Crippen LogP contribution in [0.1, 0.15) is 6.92 Å². The summed E-state index contributed by atoms with van der Waals surface area (Å²) in [4.78, 5) is 0.726. The van der Waals surface area contributed by atoms with Crippen LogP contribution in [0.15, 0.2) is 23.1 Å². The van der Waals surface area contributed by atoms with Gasteiger partial charge in [-0.3, -0.25) is 0 Å². The summed E-state index contributed by atoms with van der Waals surface area (Å²) in [5.41, 5.74) is 0. The molecule has 0 radical (unpaired) electrons. The van der Waals surface area contributed by atoms with Gasteiger partial charge in [-0.2, -0.15) is 0 Å². The Labute approximate surface area is 86.5 Å². The second-order valence-electron chi connectivity index (χ2n) is 2.62. The number of ether oxygens (including phenoxy) is 1. The first-order valence-corrected chi connectivity index (χ1v) is 5.38. The molecule has 78 valence electrons. The van der Waals surface area contributed by atoms with Gasteiger partial charge in [-0.05, 0) is 25.1 Å². The highest BCUT2D eigenvalue weighted by atomic mass is 32.2. The fourth-order valence-corrected chi connectivity index (χ4v) is 1.72. The molecule has 0 saturated heterocycles. The van der Waals surface area contributed by atoms with E-state index in [1.807, 2.05) is 6.92 Å². The van der Waals surface area contributed by atoms with Gasteiger partial charge in [0.25, 0.3) is 0 Å². The topological polar surface area (TPSA) is 9.23 Å². The zero-order valence-electron chi connectivity index (χ0n) is 7.93. The molecule has 1 aromatic rings. The predicted octanol–water partition coefficient (Wildman–Crippen LogP) is 3.09. The highest BCUT2D eigenvalue weighted by Crippen LogP contribution is 2.19. The molecule has 0 fully saturated rings. The predicted molar refractivity (Wildman–Crippen MR) is 53.6 cm³/mol. The molecule has 0 aliphatic heterocycles. The van der Waals surface area contributed by atoms with Crippen molar-refractivity contribution in [2.45, 2.75) is 11.8 Å². The molecule has 1 aromatic carbocycles. The molecular formula is C10H12F2OS. The zero-order chi connectivity index (χ0) is 10.4. The lowest BCUT2D eigenvalue weighted by molar-refractivity contribution is 0.164. The van der Waals surface area contributed by atoms with E-state index in [2.05, 4.69) is 0 Å². The largest absolute Gasteiger partial charge is 0.381 e. The van der Waals surface area contributed by atoms with E-state index in [9.17, 15) is 8.78 Å². The maximum absolute atomic E-state index is 12.7. The third-order valence-corrected chi connectivity index (χ3v) is 2.55. The molecule has 0 saturated carbocycles. The highest BCUT2D eigenvalue weighted by molar-refractivity contribution is 7.99. The minimum absolute atomic E-state index is 0.625. The summed E-state index contributed by atoms with van der Waals surface area (Å²) in [6.45, 7) is 3.22. The molecule has 0 heterocycles. The Morgan fingerprint density at radius 2 is 2.07 bits per heavy atom. The second kappa shape index (κ2) is 5.98. The average Bonchev–Trinajstić information content (AvgIpc) is 2.18. The van der Waals surface area contributed by atoms with Crippen LogP contribution in [0.25, 0.3) is 0 Å². The average molecular weight is 218 g/mol. The van der Waals surface area contributed by atoms with Crippen LogP contribution in [-0.4, -0.2) is 19.0 Å². The van der Waals surface area contributed by atoms with Crippen LogP contribution >= 0.6 is 11.8 Å². The summed E-state index contributed by atoms with van der Waals surface area (Å²) >= 11 is 1.45. The molecule has 0 atom stereocenters. The monoisotopic (exact) mass is 218 g/mol. The van der Waals surface area contributed by atoms with Crippen molar-refractivity contribution in [1.29, 1.82) is 0 Å². The summed E-state index contributed by atoms with van der Waals surface area (Å²) in [7, 11) is 0. The minimum atomic E-state index is -0.806. The van der Waals surface area contributed by atoms with Gasteiger partial charge in [0.15, 0.2) is 11.6 Å². The Morgan fingerprint density at radius 1 is 1.29 bits per heavy atom. The van der Waals surface area contributed by atoms with Gasteiger partial charge in [0.2, 0.25) is 0 Å². The third-order valence-electron chi connectivity index (χ3n) is 1.59. The van der Waals surface area contributed by atoms with E-state index in [0.29, 0.717) is 13.2 Å². The van der Waals surface area contributed by atoms with Crippen molar-refractivity contribution >= 4 is 11.8 Å². The van der Waals surface area contributed by atoms with Gasteiger partial charge in [0.05, 0.1) is 6.61 Å². The van der Waals surface area contributed by atoms with Crippen molar-refractivity contribution in [3.8, 4) is 0 Å². The lowest BCUT2D eigenvalue weighted by atomic mass is 10.3. The van der Waals surface area contributed by atoms with Gasteiger partial charge in [-0.25, -0.2) is 8.78 Å². The van der Waals surface area contributed by atoms with E-state index in [0.717, 1.165) is 16.7 Å². The molecule has 1 nitrogen and oxygen atoms in total. The van der Waals surface area contributed by atoms with Gasteiger partial charge in [0.1, 0.15) is 0 Å². The molecule has 0 spiro atoms. The van der Waals surface area contributed by atoms with E-state index in [1.165, 1.54) is 17.8 Å². The fraction of sp³-hybridized carbons (Fsp3) is 0.400. The second-order valence-corrected chi connectivity index (χ2v) is 3.79. The van der Waals surface area contributed by atoms with Crippen molar-refractivity contribution < 1.29 is 13.5 Å². The van der Waals surface area contributed by atoms with Crippen LogP contribution in [0, 0.1) is 11.6 Å². The first-order chi connectivity index (χ1) is 6.74. The van der Waals surface area contributed by atoms with Crippen LogP contribution in [-0.2, 0) is 4.74 Å². The highest BCUT2D eigenvalue weighted by Gasteiger charge is 2.02. The first-order valence-electron chi connectivity index (χ1n) is 4.39. The lowest BCUT2D eigenvalue weighted by Gasteiger charge is -2.02. The summed E-state index contributed by atoms with van der Waals surface area (Å²) in [5, 5.41) is 0. The molecule has 0 amide bonds. The molecule has 0 aromatic heterocycles. The number of hydrogen-bond donors (Lipinski definition) is 0. The van der Waals surface area contributed by atoms with Crippen LogP contribution < -0.4 is 0 Å². The Morgan fingerprint density at radius 3 is 2.71 bits per heavy atom. The van der Waals surface area contributed by atoms with E-state index in [-0.39, 0.29) is 0 Å². The van der Waals surface area contributed by atoms with Gasteiger partial charge in [-0.15, -0.1) is 11.8 Å². The SMILES string of the molecule is CCOCCSc1ccc(F)c(F)c1. The van der Waals surface area contributed by atoms with Crippen LogP contribution in [0.5, 0.6) is 0 Å². The van der Waals surface area contributed by atoms with E-state index in [4.69, 9.17) is 4.74 Å². The maximum Gasteiger partial charge on any atom is 0.159 e. The summed E-state index contributed by atoms with van der Waals surface area (Å²) in [6.07, 6.45) is 0. The van der Waals surface area contributed by atoms with Gasteiger partial charge in [-0.1, -0.05) is 0 Å². The van der Waals surface area contributed by atoms with Crippen molar-refractivity contribution in [3.63, 3.8) is 0 Å². The molecule has 0 unspecified atom stereocenters. The van der Waals surface area contributed by atoms with Crippen LogP contribution in [0.2, 0.25) is 0 Å². The lowest BCUT2D eigenvalue weighted by Crippen LogP contribution is -1.95. The van der Waals surface area contributed by atoms with E-state index >= 15 is 0 Å². The summed E-state index contributed by atoms with van der Waals surface area (Å²) in [5.74, 6) is -0.857. The molecule has 0 aliphatic rings. The fourth-order valence-electron chi connectivity index (χ4n) is 0.929. The number of benzene rings is 1. The molecule has 0 bridgehead atoms. The van der Waals surface area contributed by atoms with Crippen molar-refractivity contribution in [3.05, 3.63) is 29.8 Å². The Kier molecular flexibility index (Phi) is 4.90. The summed E-state index contributed by atoms with van der Waals surface area (Å²) < 4.78 is 30.4. The quantitative estimate of drug-likeness (QED) is 0.555.